The summed E-state index contributed by atoms with van der Waals surface area (Å²) in [7, 11) is 0. The van der Waals surface area contributed by atoms with E-state index in [0.29, 0.717) is 17.5 Å². The van der Waals surface area contributed by atoms with Gasteiger partial charge in [0.2, 0.25) is 0 Å². The van der Waals surface area contributed by atoms with Crippen LogP contribution in [0.3, 0.4) is 0 Å². The van der Waals surface area contributed by atoms with Crippen molar-refractivity contribution in [3.63, 3.8) is 0 Å². The van der Waals surface area contributed by atoms with Gasteiger partial charge in [-0.3, -0.25) is 0 Å². The average molecular weight is 371 g/mol. The first kappa shape index (κ1) is 16.5. The van der Waals surface area contributed by atoms with Crippen molar-refractivity contribution in [2.45, 2.75) is 26.4 Å². The van der Waals surface area contributed by atoms with Crippen molar-refractivity contribution in [1.82, 2.24) is 5.32 Å². The number of rotatable bonds is 5. The van der Waals surface area contributed by atoms with Crippen LogP contribution in [0.4, 0.5) is 4.39 Å². The van der Waals surface area contributed by atoms with E-state index in [2.05, 4.69) is 35.1 Å². The largest absolute Gasteiger partial charge is 0.306 e. The topological polar surface area (TPSA) is 12.0 Å². The van der Waals surface area contributed by atoms with Crippen molar-refractivity contribution in [3.05, 3.63) is 68.9 Å². The molecule has 2 aromatic carbocycles. The van der Waals surface area contributed by atoms with Crippen LogP contribution in [0.25, 0.3) is 0 Å². The minimum atomic E-state index is -0.207. The summed E-state index contributed by atoms with van der Waals surface area (Å²) in [5.41, 5.74) is 2.21. The molecular weight excluding hydrogens is 353 g/mol. The standard InChI is InChI=1S/C17H18BrClFN/c1-11(2)17(13-4-6-14(20)7-5-13)21-10-12-3-8-15(18)16(19)9-12/h3-9,11,17,21H,10H2,1-2H3. The molecule has 2 aromatic rings. The normalized spacial score (nSPS) is 12.7. The maximum atomic E-state index is 13.0. The summed E-state index contributed by atoms with van der Waals surface area (Å²) >= 11 is 9.50. The van der Waals surface area contributed by atoms with Crippen molar-refractivity contribution < 1.29 is 4.39 Å². The van der Waals surface area contributed by atoms with Gasteiger partial charge in [-0.15, -0.1) is 0 Å². The molecule has 0 amide bonds. The zero-order chi connectivity index (χ0) is 15.4. The number of benzene rings is 2. The fourth-order valence-corrected chi connectivity index (χ4v) is 2.74. The van der Waals surface area contributed by atoms with Crippen LogP contribution in [-0.4, -0.2) is 0 Å². The van der Waals surface area contributed by atoms with Crippen LogP contribution in [0.15, 0.2) is 46.9 Å². The Balaban J connectivity index is 2.09. The molecule has 112 valence electrons. The summed E-state index contributed by atoms with van der Waals surface area (Å²) in [6.45, 7) is 5.01. The average Bonchev–Trinajstić information content (AvgIpc) is 2.44. The van der Waals surface area contributed by atoms with E-state index in [9.17, 15) is 4.39 Å². The lowest BCUT2D eigenvalue weighted by Crippen LogP contribution is -2.25. The van der Waals surface area contributed by atoms with Crippen LogP contribution in [-0.2, 0) is 6.54 Å². The molecule has 0 saturated heterocycles. The van der Waals surface area contributed by atoms with Crippen LogP contribution in [0.2, 0.25) is 5.02 Å². The highest BCUT2D eigenvalue weighted by Crippen LogP contribution is 2.25. The van der Waals surface area contributed by atoms with Gasteiger partial charge in [0, 0.05) is 17.1 Å². The molecule has 1 unspecified atom stereocenters. The van der Waals surface area contributed by atoms with Gasteiger partial charge in [-0.1, -0.05) is 43.6 Å². The summed E-state index contributed by atoms with van der Waals surface area (Å²) < 4.78 is 13.9. The molecule has 0 fully saturated rings. The number of hydrogen-bond acceptors (Lipinski definition) is 1. The third-order valence-electron chi connectivity index (χ3n) is 3.41. The molecule has 0 aliphatic heterocycles. The lowest BCUT2D eigenvalue weighted by Gasteiger charge is -2.23. The highest BCUT2D eigenvalue weighted by molar-refractivity contribution is 9.10. The van der Waals surface area contributed by atoms with Gasteiger partial charge in [-0.2, -0.15) is 0 Å². The molecule has 0 spiro atoms. The van der Waals surface area contributed by atoms with Crippen molar-refractivity contribution >= 4 is 27.5 Å². The van der Waals surface area contributed by atoms with Gasteiger partial charge in [0.05, 0.1) is 5.02 Å². The summed E-state index contributed by atoms with van der Waals surface area (Å²) in [5, 5.41) is 4.23. The summed E-state index contributed by atoms with van der Waals surface area (Å²) in [5.74, 6) is 0.197. The van der Waals surface area contributed by atoms with Gasteiger partial charge < -0.3 is 5.32 Å². The highest BCUT2D eigenvalue weighted by atomic mass is 79.9. The van der Waals surface area contributed by atoms with Crippen LogP contribution in [0.1, 0.15) is 31.0 Å². The SMILES string of the molecule is CC(C)C(NCc1ccc(Br)c(Cl)c1)c1ccc(F)cc1. The second-order valence-corrected chi connectivity index (χ2v) is 6.66. The molecule has 0 aromatic heterocycles. The maximum absolute atomic E-state index is 13.0. The minimum absolute atomic E-state index is 0.174. The fraction of sp³-hybridized carbons (Fsp3) is 0.294. The number of nitrogens with one attached hydrogen (secondary N) is 1. The van der Waals surface area contributed by atoms with Gasteiger partial charge in [0.25, 0.3) is 0 Å². The van der Waals surface area contributed by atoms with Crippen molar-refractivity contribution in [2.75, 3.05) is 0 Å². The van der Waals surface area contributed by atoms with E-state index in [1.54, 1.807) is 0 Å². The molecule has 21 heavy (non-hydrogen) atoms. The molecule has 1 N–H and O–H groups in total. The van der Waals surface area contributed by atoms with E-state index < -0.39 is 0 Å². The Hall–Kier alpha value is -0.900. The zero-order valence-corrected chi connectivity index (χ0v) is 14.4. The molecule has 0 radical (unpaired) electrons. The van der Waals surface area contributed by atoms with Crippen molar-refractivity contribution in [1.29, 1.82) is 0 Å². The smallest absolute Gasteiger partial charge is 0.123 e. The molecule has 1 atom stereocenters. The Kier molecular flexibility index (Phi) is 5.80. The summed E-state index contributed by atoms with van der Waals surface area (Å²) in [6.07, 6.45) is 0. The van der Waals surface area contributed by atoms with Crippen molar-refractivity contribution in [2.24, 2.45) is 5.92 Å². The second kappa shape index (κ2) is 7.39. The Morgan fingerprint density at radius 2 is 1.81 bits per heavy atom. The number of hydrogen-bond donors (Lipinski definition) is 1. The minimum Gasteiger partial charge on any atom is -0.306 e. The highest BCUT2D eigenvalue weighted by Gasteiger charge is 2.15. The Labute approximate surface area is 138 Å². The van der Waals surface area contributed by atoms with Gasteiger partial charge >= 0.3 is 0 Å². The molecule has 1 nitrogen and oxygen atoms in total. The molecule has 0 aliphatic carbocycles. The van der Waals surface area contributed by atoms with Crippen LogP contribution in [0.5, 0.6) is 0 Å². The first-order valence-corrected chi connectivity index (χ1v) is 8.07. The monoisotopic (exact) mass is 369 g/mol. The van der Waals surface area contributed by atoms with Crippen LogP contribution < -0.4 is 5.32 Å². The van der Waals surface area contributed by atoms with E-state index in [1.165, 1.54) is 12.1 Å². The van der Waals surface area contributed by atoms with Crippen molar-refractivity contribution in [3.8, 4) is 0 Å². The third-order valence-corrected chi connectivity index (χ3v) is 4.64. The van der Waals surface area contributed by atoms with Crippen LogP contribution >= 0.6 is 27.5 Å². The molecule has 0 aliphatic rings. The predicted molar refractivity (Wildman–Crippen MR) is 90.0 cm³/mol. The Morgan fingerprint density at radius 3 is 2.38 bits per heavy atom. The van der Waals surface area contributed by atoms with Gasteiger partial charge in [0.1, 0.15) is 5.82 Å². The maximum Gasteiger partial charge on any atom is 0.123 e. The molecule has 0 saturated carbocycles. The quantitative estimate of drug-likeness (QED) is 0.709. The summed E-state index contributed by atoms with van der Waals surface area (Å²) in [6, 6.07) is 12.8. The fourth-order valence-electron chi connectivity index (χ4n) is 2.29. The molecule has 4 heteroatoms. The third kappa shape index (κ3) is 4.53. The lowest BCUT2D eigenvalue weighted by atomic mass is 9.96. The van der Waals surface area contributed by atoms with E-state index in [4.69, 9.17) is 11.6 Å². The Bertz CT molecular complexity index is 598. The first-order valence-electron chi connectivity index (χ1n) is 6.90. The van der Waals surface area contributed by atoms with Crippen LogP contribution in [0, 0.1) is 11.7 Å². The summed E-state index contributed by atoms with van der Waals surface area (Å²) in [4.78, 5) is 0. The molecular formula is C17H18BrClFN. The first-order chi connectivity index (χ1) is 9.97. The molecule has 0 bridgehead atoms. The lowest BCUT2D eigenvalue weighted by molar-refractivity contribution is 0.410. The van der Waals surface area contributed by atoms with E-state index in [0.717, 1.165) is 15.6 Å². The van der Waals surface area contributed by atoms with E-state index >= 15 is 0 Å². The van der Waals surface area contributed by atoms with Gasteiger partial charge in [-0.25, -0.2) is 4.39 Å². The zero-order valence-electron chi connectivity index (χ0n) is 12.0. The molecule has 2 rings (SSSR count). The Morgan fingerprint density at radius 1 is 1.14 bits per heavy atom. The van der Waals surface area contributed by atoms with E-state index in [-0.39, 0.29) is 11.9 Å². The predicted octanol–water partition coefficient (Wildman–Crippen LogP) is 5.73. The van der Waals surface area contributed by atoms with Gasteiger partial charge in [-0.05, 0) is 57.2 Å². The number of halogens is 3. The van der Waals surface area contributed by atoms with Gasteiger partial charge in [0.15, 0.2) is 0 Å². The van der Waals surface area contributed by atoms with E-state index in [1.807, 2.05) is 30.3 Å². The second-order valence-electron chi connectivity index (χ2n) is 5.40. The molecule has 0 heterocycles.